The maximum absolute atomic E-state index is 13.9. The predicted octanol–water partition coefficient (Wildman–Crippen LogP) is 4.38. The normalized spacial score (nSPS) is 20.2. The lowest BCUT2D eigenvalue weighted by molar-refractivity contribution is -0.493. The molecule has 2 heterocycles. The van der Waals surface area contributed by atoms with Crippen LogP contribution in [0.4, 0.5) is 13.6 Å². The van der Waals surface area contributed by atoms with Gasteiger partial charge in [0.2, 0.25) is 0 Å². The van der Waals surface area contributed by atoms with Crippen molar-refractivity contribution in [1.82, 2.24) is 10.3 Å². The molecule has 2 aliphatic heterocycles. The molecule has 4 rings (SSSR count). The molecule has 2 aromatic carbocycles. The average molecular weight is 617 g/mol. The highest BCUT2D eigenvalue weighted by atomic mass is 35.5. The van der Waals surface area contributed by atoms with Crippen molar-refractivity contribution in [2.24, 2.45) is 0 Å². The first-order valence-corrected chi connectivity index (χ1v) is 14.8. The second-order valence-electron chi connectivity index (χ2n) is 9.43. The molecule has 1 saturated heterocycles. The van der Waals surface area contributed by atoms with E-state index in [1.54, 1.807) is 4.90 Å². The summed E-state index contributed by atoms with van der Waals surface area (Å²) in [5.74, 6) is -1.04. The first kappa shape index (κ1) is 31.4. The van der Waals surface area contributed by atoms with E-state index in [4.69, 9.17) is 36.2 Å². The number of nitrogens with zero attached hydrogens (tertiary/aromatic N) is 2. The van der Waals surface area contributed by atoms with Crippen molar-refractivity contribution in [3.05, 3.63) is 70.3 Å². The van der Waals surface area contributed by atoms with Crippen molar-refractivity contribution in [3.8, 4) is 5.75 Å². The standard InChI is InChI=1S/C27H31ClF2N2O8S/c28-25-23(29)7-8-24(30)26(25)38-9-1-2-18-3-5-19(6-4-18)20-14-21-16-41(36)17-22(15-20)31(21)27(33)39-12-10-37-11-13-40-32(34)35/h3-8,14,21-22,34-35H,1-2,9-13,15-17H2. The number of rotatable bonds is 13. The Kier molecular flexibility index (Phi) is 11.6. The van der Waals surface area contributed by atoms with E-state index in [-0.39, 0.29) is 55.9 Å². The smallest absolute Gasteiger partial charge is 0.410 e. The van der Waals surface area contributed by atoms with Crippen molar-refractivity contribution >= 4 is 34.4 Å². The summed E-state index contributed by atoms with van der Waals surface area (Å²) in [7, 11) is 0. The molecular weight excluding hydrogens is 586 g/mol. The molecule has 1 amide bonds. The maximum Gasteiger partial charge on any atom is 0.410 e. The van der Waals surface area contributed by atoms with Crippen LogP contribution in [0.15, 0.2) is 42.5 Å². The summed E-state index contributed by atoms with van der Waals surface area (Å²) in [6.45, 7) is 0.278. The molecule has 0 aliphatic carbocycles. The van der Waals surface area contributed by atoms with Crippen molar-refractivity contribution in [1.29, 1.82) is 0 Å². The Morgan fingerprint density at radius 2 is 1.78 bits per heavy atom. The van der Waals surface area contributed by atoms with Crippen LogP contribution in [0, 0.1) is 11.6 Å². The summed E-state index contributed by atoms with van der Waals surface area (Å²) in [4.78, 5) is 18.8. The van der Waals surface area contributed by atoms with Crippen LogP contribution in [0.25, 0.3) is 5.57 Å². The lowest BCUT2D eigenvalue weighted by atomic mass is 9.91. The van der Waals surface area contributed by atoms with Gasteiger partial charge >= 0.3 is 6.09 Å². The van der Waals surface area contributed by atoms with E-state index in [0.717, 1.165) is 28.8 Å². The highest BCUT2D eigenvalue weighted by Crippen LogP contribution is 2.35. The molecule has 14 heteroatoms. The number of carbonyl (C=O) groups excluding carboxylic acids is 1. The maximum atomic E-state index is 13.9. The van der Waals surface area contributed by atoms with Crippen molar-refractivity contribution in [2.45, 2.75) is 31.3 Å². The second-order valence-corrected chi connectivity index (χ2v) is 11.4. The molecule has 0 radical (unpaired) electrons. The van der Waals surface area contributed by atoms with Crippen LogP contribution in [-0.2, 0) is 31.9 Å². The fourth-order valence-corrected chi connectivity index (χ4v) is 6.45. The van der Waals surface area contributed by atoms with E-state index in [9.17, 15) is 18.1 Å². The van der Waals surface area contributed by atoms with Crippen LogP contribution in [0.3, 0.4) is 0 Å². The molecule has 0 spiro atoms. The molecular formula is C27H31ClF2N2O8S. The molecule has 2 N–H and O–H groups in total. The van der Waals surface area contributed by atoms with Crippen molar-refractivity contribution in [3.63, 3.8) is 0 Å². The number of hydrogen-bond acceptors (Lipinski definition) is 9. The number of aryl methyl sites for hydroxylation is 1. The Morgan fingerprint density at radius 1 is 1.05 bits per heavy atom. The Bertz CT molecular complexity index is 1210. The Hall–Kier alpha value is -2.49. The lowest BCUT2D eigenvalue weighted by Crippen LogP contribution is -2.58. The highest BCUT2D eigenvalue weighted by Gasteiger charge is 2.44. The molecule has 41 heavy (non-hydrogen) atoms. The summed E-state index contributed by atoms with van der Waals surface area (Å²) in [6.07, 6.45) is 3.25. The Balaban J connectivity index is 1.27. The third-order valence-electron chi connectivity index (χ3n) is 6.62. The van der Waals surface area contributed by atoms with Crippen LogP contribution >= 0.6 is 11.6 Å². The van der Waals surface area contributed by atoms with Gasteiger partial charge in [0.1, 0.15) is 29.0 Å². The monoisotopic (exact) mass is 616 g/mol. The largest absolute Gasteiger partial charge is 0.616 e. The minimum absolute atomic E-state index is 0.00706. The molecule has 3 unspecified atom stereocenters. The summed E-state index contributed by atoms with van der Waals surface area (Å²) in [6, 6.07) is 9.29. The van der Waals surface area contributed by atoms with Gasteiger partial charge in [-0.25, -0.2) is 18.4 Å². The number of halogens is 3. The molecule has 2 bridgehead atoms. The van der Waals surface area contributed by atoms with Gasteiger partial charge in [-0.15, -0.1) is 0 Å². The molecule has 1 fully saturated rings. The molecule has 0 saturated carbocycles. The van der Waals surface area contributed by atoms with Gasteiger partial charge in [-0.3, -0.25) is 15.3 Å². The predicted molar refractivity (Wildman–Crippen MR) is 145 cm³/mol. The molecule has 2 aromatic rings. The topological polar surface area (TPSA) is 124 Å². The minimum Gasteiger partial charge on any atom is -0.616 e. The third kappa shape index (κ3) is 8.75. The zero-order valence-electron chi connectivity index (χ0n) is 22.0. The highest BCUT2D eigenvalue weighted by molar-refractivity contribution is 7.91. The van der Waals surface area contributed by atoms with E-state index in [0.29, 0.717) is 30.8 Å². The zero-order chi connectivity index (χ0) is 29.4. The fraction of sp³-hybridized carbons (Fsp3) is 0.444. The molecule has 10 nitrogen and oxygen atoms in total. The van der Waals surface area contributed by atoms with Crippen molar-refractivity contribution in [2.75, 3.05) is 44.5 Å². The van der Waals surface area contributed by atoms with E-state index < -0.39 is 34.3 Å². The van der Waals surface area contributed by atoms with Crippen LogP contribution in [-0.4, -0.2) is 88.0 Å². The molecule has 2 aliphatic rings. The van der Waals surface area contributed by atoms with Gasteiger partial charge in [-0.1, -0.05) is 41.9 Å². The number of hydrogen-bond donors (Lipinski definition) is 2. The van der Waals surface area contributed by atoms with Gasteiger partial charge in [0.25, 0.3) is 0 Å². The SMILES string of the molecule is O=C(OCCOCCON(O)O)N1C2C=C(c3ccc(CCCOc4c(F)ccc(F)c4Cl)cc3)CC1C[S+]([O-])C2. The van der Waals surface area contributed by atoms with E-state index >= 15 is 0 Å². The van der Waals surface area contributed by atoms with E-state index in [2.05, 4.69) is 4.84 Å². The number of fused-ring (bicyclic) bond motifs is 2. The van der Waals surface area contributed by atoms with Crippen LogP contribution in [0.1, 0.15) is 24.0 Å². The first-order chi connectivity index (χ1) is 19.7. The summed E-state index contributed by atoms with van der Waals surface area (Å²) in [5, 5.41) is 16.1. The Labute approximate surface area is 244 Å². The van der Waals surface area contributed by atoms with Gasteiger partial charge in [0, 0.05) is 0 Å². The first-order valence-electron chi connectivity index (χ1n) is 13.0. The molecule has 224 valence electrons. The van der Waals surface area contributed by atoms with Crippen LogP contribution < -0.4 is 4.74 Å². The summed E-state index contributed by atoms with van der Waals surface area (Å²) < 4.78 is 55.7. The van der Waals surface area contributed by atoms with Gasteiger partial charge in [0.05, 0.1) is 43.9 Å². The van der Waals surface area contributed by atoms with Crippen LogP contribution in [0.5, 0.6) is 5.75 Å². The molecule has 3 atom stereocenters. The van der Waals surface area contributed by atoms with Gasteiger partial charge in [0.15, 0.2) is 11.6 Å². The second kappa shape index (κ2) is 15.1. The van der Waals surface area contributed by atoms with Gasteiger partial charge < -0.3 is 18.8 Å². The minimum atomic E-state index is -1.04. The number of benzene rings is 2. The number of carbonyl (C=O) groups is 1. The average Bonchev–Trinajstić information content (AvgIpc) is 2.93. The van der Waals surface area contributed by atoms with Crippen LogP contribution in [0.2, 0.25) is 5.02 Å². The summed E-state index contributed by atoms with van der Waals surface area (Å²) in [5.41, 5.74) is 3.12. The number of amides is 1. The van der Waals surface area contributed by atoms with Gasteiger partial charge in [-0.05, 0) is 59.3 Å². The van der Waals surface area contributed by atoms with E-state index in [1.807, 2.05) is 30.3 Å². The lowest BCUT2D eigenvalue weighted by Gasteiger charge is -2.43. The summed E-state index contributed by atoms with van der Waals surface area (Å²) >= 11 is 4.75. The van der Waals surface area contributed by atoms with Gasteiger partial charge in [-0.2, -0.15) is 0 Å². The third-order valence-corrected chi connectivity index (χ3v) is 8.44. The van der Waals surface area contributed by atoms with Crippen molar-refractivity contribution < 1.29 is 47.6 Å². The van der Waals surface area contributed by atoms with E-state index in [1.165, 1.54) is 0 Å². The quantitative estimate of drug-likeness (QED) is 0.146. The number of ether oxygens (including phenoxy) is 3. The Morgan fingerprint density at radius 3 is 2.51 bits per heavy atom. The zero-order valence-corrected chi connectivity index (χ0v) is 23.6. The fourth-order valence-electron chi connectivity index (χ4n) is 4.76. The molecule has 0 aromatic heterocycles.